The van der Waals surface area contributed by atoms with Crippen molar-refractivity contribution in [3.8, 4) is 0 Å². The van der Waals surface area contributed by atoms with Gasteiger partial charge in [0.15, 0.2) is 0 Å². The van der Waals surface area contributed by atoms with Gasteiger partial charge >= 0.3 is 0 Å². The number of hydrogen-bond donors (Lipinski definition) is 1. The molecule has 0 aliphatic rings. The highest BCUT2D eigenvalue weighted by atomic mass is 35.5. The molecule has 0 fully saturated rings. The van der Waals surface area contributed by atoms with E-state index in [1.165, 1.54) is 13.0 Å². The summed E-state index contributed by atoms with van der Waals surface area (Å²) >= 11 is 11.7. The van der Waals surface area contributed by atoms with E-state index < -0.39 is 0 Å². The summed E-state index contributed by atoms with van der Waals surface area (Å²) in [5, 5.41) is 3.52. The summed E-state index contributed by atoms with van der Waals surface area (Å²) in [5.74, 6) is 0.161. The standard InChI is InChI=1S/C15H20Cl2N2O2/c1-10(2)9-19(11(3)20)7-6-18-15(21)12-4-5-13(16)14(17)8-12/h4-5,8,10H,6-7,9H2,1-3H3,(H,18,21). The Morgan fingerprint density at radius 1 is 1.24 bits per heavy atom. The molecule has 0 aromatic heterocycles. The second kappa shape index (κ2) is 8.25. The number of carbonyl (C=O) groups is 2. The minimum absolute atomic E-state index is 0.00693. The Balaban J connectivity index is 2.52. The van der Waals surface area contributed by atoms with Crippen molar-refractivity contribution in [2.45, 2.75) is 20.8 Å². The molecule has 0 atom stereocenters. The predicted molar refractivity (Wildman–Crippen MR) is 85.9 cm³/mol. The highest BCUT2D eigenvalue weighted by Gasteiger charge is 2.12. The van der Waals surface area contributed by atoms with Gasteiger partial charge in [0, 0.05) is 32.1 Å². The molecule has 6 heteroatoms. The molecule has 1 aromatic rings. The third-order valence-electron chi connectivity index (χ3n) is 2.88. The Morgan fingerprint density at radius 3 is 2.43 bits per heavy atom. The highest BCUT2D eigenvalue weighted by Crippen LogP contribution is 2.22. The molecule has 1 aromatic carbocycles. The fraction of sp³-hybridized carbons (Fsp3) is 0.467. The zero-order valence-electron chi connectivity index (χ0n) is 12.5. The molecule has 1 N–H and O–H groups in total. The van der Waals surface area contributed by atoms with Gasteiger partial charge in [-0.1, -0.05) is 37.0 Å². The van der Waals surface area contributed by atoms with Gasteiger partial charge in [-0.05, 0) is 24.1 Å². The van der Waals surface area contributed by atoms with Crippen LogP contribution in [0.25, 0.3) is 0 Å². The third-order valence-corrected chi connectivity index (χ3v) is 3.62. The number of amides is 2. The molecule has 0 bridgehead atoms. The largest absolute Gasteiger partial charge is 0.350 e. The Bertz CT molecular complexity index is 518. The van der Waals surface area contributed by atoms with E-state index in [0.29, 0.717) is 41.2 Å². The third kappa shape index (κ3) is 5.94. The fourth-order valence-corrected chi connectivity index (χ4v) is 2.16. The van der Waals surface area contributed by atoms with Crippen LogP contribution in [-0.2, 0) is 4.79 Å². The first-order valence-electron chi connectivity index (χ1n) is 6.80. The van der Waals surface area contributed by atoms with E-state index in [1.54, 1.807) is 17.0 Å². The van der Waals surface area contributed by atoms with Crippen LogP contribution in [0, 0.1) is 5.92 Å². The quantitative estimate of drug-likeness (QED) is 0.870. The average molecular weight is 331 g/mol. The first-order valence-corrected chi connectivity index (χ1v) is 7.55. The van der Waals surface area contributed by atoms with Crippen LogP contribution in [0.3, 0.4) is 0 Å². The minimum Gasteiger partial charge on any atom is -0.350 e. The Morgan fingerprint density at radius 2 is 1.90 bits per heavy atom. The molecule has 0 spiro atoms. The zero-order valence-corrected chi connectivity index (χ0v) is 14.0. The number of hydrogen-bond acceptors (Lipinski definition) is 2. The lowest BCUT2D eigenvalue weighted by Gasteiger charge is -2.23. The summed E-state index contributed by atoms with van der Waals surface area (Å²) in [6.45, 7) is 7.18. The van der Waals surface area contributed by atoms with E-state index >= 15 is 0 Å². The summed E-state index contributed by atoms with van der Waals surface area (Å²) in [5.41, 5.74) is 0.447. The smallest absolute Gasteiger partial charge is 0.251 e. The Kier molecular flexibility index (Phi) is 6.99. The molecule has 0 saturated carbocycles. The first-order chi connectivity index (χ1) is 9.81. The van der Waals surface area contributed by atoms with Gasteiger partial charge in [-0.15, -0.1) is 0 Å². The van der Waals surface area contributed by atoms with Crippen molar-refractivity contribution in [1.29, 1.82) is 0 Å². The molecular weight excluding hydrogens is 311 g/mol. The molecule has 0 unspecified atom stereocenters. The second-order valence-corrected chi connectivity index (χ2v) is 6.06. The van der Waals surface area contributed by atoms with Crippen molar-refractivity contribution in [1.82, 2.24) is 10.2 Å². The van der Waals surface area contributed by atoms with Crippen molar-refractivity contribution in [3.63, 3.8) is 0 Å². The number of benzene rings is 1. The number of carbonyl (C=O) groups excluding carboxylic acids is 2. The topological polar surface area (TPSA) is 49.4 Å². The maximum absolute atomic E-state index is 12.0. The Hall–Kier alpha value is -1.26. The average Bonchev–Trinajstić information content (AvgIpc) is 2.40. The highest BCUT2D eigenvalue weighted by molar-refractivity contribution is 6.42. The van der Waals surface area contributed by atoms with Gasteiger partial charge in [-0.3, -0.25) is 9.59 Å². The maximum Gasteiger partial charge on any atom is 0.251 e. The van der Waals surface area contributed by atoms with Gasteiger partial charge in [0.05, 0.1) is 10.0 Å². The van der Waals surface area contributed by atoms with Crippen molar-refractivity contribution in [2.75, 3.05) is 19.6 Å². The van der Waals surface area contributed by atoms with E-state index in [-0.39, 0.29) is 11.8 Å². The zero-order chi connectivity index (χ0) is 16.0. The van der Waals surface area contributed by atoms with Gasteiger partial charge in [0.1, 0.15) is 0 Å². The SMILES string of the molecule is CC(=O)N(CCNC(=O)c1ccc(Cl)c(Cl)c1)CC(C)C. The van der Waals surface area contributed by atoms with Crippen LogP contribution in [0.2, 0.25) is 10.0 Å². The molecule has 21 heavy (non-hydrogen) atoms. The number of nitrogens with one attached hydrogen (secondary N) is 1. The van der Waals surface area contributed by atoms with Gasteiger partial charge in [0.25, 0.3) is 5.91 Å². The lowest BCUT2D eigenvalue weighted by molar-refractivity contribution is -0.129. The van der Waals surface area contributed by atoms with E-state index in [9.17, 15) is 9.59 Å². The predicted octanol–water partition coefficient (Wildman–Crippen LogP) is 3.23. The van der Waals surface area contributed by atoms with Crippen LogP contribution in [0.5, 0.6) is 0 Å². The molecule has 116 valence electrons. The lowest BCUT2D eigenvalue weighted by Crippen LogP contribution is -2.39. The fourth-order valence-electron chi connectivity index (χ4n) is 1.86. The molecule has 0 heterocycles. The molecule has 0 saturated heterocycles. The van der Waals surface area contributed by atoms with Gasteiger partial charge in [0.2, 0.25) is 5.91 Å². The van der Waals surface area contributed by atoms with Crippen LogP contribution < -0.4 is 5.32 Å². The molecular formula is C15H20Cl2N2O2. The van der Waals surface area contributed by atoms with Crippen LogP contribution in [-0.4, -0.2) is 36.3 Å². The van der Waals surface area contributed by atoms with Gasteiger partial charge in [-0.2, -0.15) is 0 Å². The Labute approximate surface area is 135 Å². The van der Waals surface area contributed by atoms with Crippen LogP contribution in [0.15, 0.2) is 18.2 Å². The van der Waals surface area contributed by atoms with E-state index in [1.807, 2.05) is 13.8 Å². The molecule has 0 aliphatic heterocycles. The van der Waals surface area contributed by atoms with Crippen LogP contribution in [0.1, 0.15) is 31.1 Å². The number of rotatable bonds is 6. The minimum atomic E-state index is -0.235. The summed E-state index contributed by atoms with van der Waals surface area (Å²) in [6, 6.07) is 4.72. The first kappa shape index (κ1) is 17.8. The van der Waals surface area contributed by atoms with Crippen LogP contribution >= 0.6 is 23.2 Å². The maximum atomic E-state index is 12.0. The van der Waals surface area contributed by atoms with Gasteiger partial charge < -0.3 is 10.2 Å². The summed E-state index contributed by atoms with van der Waals surface area (Å²) in [4.78, 5) is 25.2. The lowest BCUT2D eigenvalue weighted by atomic mass is 10.2. The monoisotopic (exact) mass is 330 g/mol. The molecule has 4 nitrogen and oxygen atoms in total. The molecule has 0 aliphatic carbocycles. The molecule has 1 rings (SSSR count). The van der Waals surface area contributed by atoms with Crippen molar-refractivity contribution >= 4 is 35.0 Å². The number of nitrogens with zero attached hydrogens (tertiary/aromatic N) is 1. The van der Waals surface area contributed by atoms with Crippen molar-refractivity contribution in [2.24, 2.45) is 5.92 Å². The molecule has 2 amide bonds. The summed E-state index contributed by atoms with van der Waals surface area (Å²) in [6.07, 6.45) is 0. The molecule has 0 radical (unpaired) electrons. The van der Waals surface area contributed by atoms with Gasteiger partial charge in [-0.25, -0.2) is 0 Å². The van der Waals surface area contributed by atoms with E-state index in [0.717, 1.165) is 0 Å². The summed E-state index contributed by atoms with van der Waals surface area (Å²) in [7, 11) is 0. The second-order valence-electron chi connectivity index (χ2n) is 5.24. The van der Waals surface area contributed by atoms with Crippen LogP contribution in [0.4, 0.5) is 0 Å². The van der Waals surface area contributed by atoms with Crippen molar-refractivity contribution in [3.05, 3.63) is 33.8 Å². The van der Waals surface area contributed by atoms with E-state index in [2.05, 4.69) is 5.32 Å². The van der Waals surface area contributed by atoms with E-state index in [4.69, 9.17) is 23.2 Å². The van der Waals surface area contributed by atoms with Crippen molar-refractivity contribution < 1.29 is 9.59 Å². The normalized spacial score (nSPS) is 10.6. The number of halogens is 2. The summed E-state index contributed by atoms with van der Waals surface area (Å²) < 4.78 is 0.